The molecule has 0 aromatic carbocycles. The molecule has 2 aromatic rings. The van der Waals surface area contributed by atoms with Gasteiger partial charge in [0.2, 0.25) is 0 Å². The number of anilines is 1. The van der Waals surface area contributed by atoms with E-state index < -0.39 is 0 Å². The first-order chi connectivity index (χ1) is 11.3. The average molecular weight is 309 g/mol. The Labute approximate surface area is 134 Å². The summed E-state index contributed by atoms with van der Waals surface area (Å²) < 4.78 is 0. The monoisotopic (exact) mass is 309 g/mol. The molecule has 2 N–H and O–H groups in total. The number of rotatable bonds is 5. The topological polar surface area (TPSA) is 79.8 Å². The van der Waals surface area contributed by atoms with E-state index in [9.17, 15) is 4.79 Å². The smallest absolute Gasteiger partial charge is 0.320 e. The average Bonchev–Trinajstić information content (AvgIpc) is 3.47. The molecule has 2 fully saturated rings. The first kappa shape index (κ1) is 14.1. The van der Waals surface area contributed by atoms with Gasteiger partial charge in [-0.2, -0.15) is 5.10 Å². The third-order valence-corrected chi connectivity index (χ3v) is 4.37. The van der Waals surface area contributed by atoms with Crippen LogP contribution in [0.1, 0.15) is 48.9 Å². The lowest BCUT2D eigenvalue weighted by Crippen LogP contribution is -2.34. The van der Waals surface area contributed by atoms with Gasteiger partial charge in [0, 0.05) is 18.3 Å². The SMILES string of the molecule is O=C(Nc1ccc(C2CC2)nn1)NC(c1ccncc1)C1CC1. The molecule has 118 valence electrons. The Bertz CT molecular complexity index is 680. The molecule has 1 unspecified atom stereocenters. The van der Waals surface area contributed by atoms with E-state index in [1.165, 1.54) is 12.8 Å². The normalized spacial score (nSPS) is 18.3. The second kappa shape index (κ2) is 5.95. The van der Waals surface area contributed by atoms with Crippen LogP contribution in [0.2, 0.25) is 0 Å². The van der Waals surface area contributed by atoms with E-state index in [0.29, 0.717) is 17.7 Å². The third-order valence-electron chi connectivity index (χ3n) is 4.37. The molecule has 2 heterocycles. The van der Waals surface area contributed by atoms with Gasteiger partial charge in [0.25, 0.3) is 0 Å². The first-order valence-electron chi connectivity index (χ1n) is 8.10. The summed E-state index contributed by atoms with van der Waals surface area (Å²) in [6.07, 6.45) is 8.18. The zero-order chi connectivity index (χ0) is 15.6. The summed E-state index contributed by atoms with van der Waals surface area (Å²) in [5, 5.41) is 14.1. The second-order valence-electron chi connectivity index (χ2n) is 6.31. The number of amides is 2. The minimum atomic E-state index is -0.243. The van der Waals surface area contributed by atoms with Crippen LogP contribution in [0.3, 0.4) is 0 Å². The predicted molar refractivity (Wildman–Crippen MR) is 85.9 cm³/mol. The van der Waals surface area contributed by atoms with E-state index in [-0.39, 0.29) is 12.1 Å². The molecular formula is C17H19N5O. The molecular weight excluding hydrogens is 290 g/mol. The molecule has 0 bridgehead atoms. The van der Waals surface area contributed by atoms with Gasteiger partial charge in [0.05, 0.1) is 11.7 Å². The Morgan fingerprint density at radius 2 is 1.83 bits per heavy atom. The maximum atomic E-state index is 12.3. The van der Waals surface area contributed by atoms with Crippen molar-refractivity contribution < 1.29 is 4.79 Å². The molecule has 0 aliphatic heterocycles. The lowest BCUT2D eigenvalue weighted by atomic mass is 10.0. The number of urea groups is 1. The van der Waals surface area contributed by atoms with Crippen LogP contribution in [-0.4, -0.2) is 21.2 Å². The van der Waals surface area contributed by atoms with Crippen molar-refractivity contribution in [1.82, 2.24) is 20.5 Å². The van der Waals surface area contributed by atoms with Crippen molar-refractivity contribution in [2.45, 2.75) is 37.6 Å². The molecule has 6 heteroatoms. The van der Waals surface area contributed by atoms with Gasteiger partial charge in [-0.15, -0.1) is 5.10 Å². The highest BCUT2D eigenvalue weighted by Gasteiger charge is 2.33. The van der Waals surface area contributed by atoms with Gasteiger partial charge in [-0.3, -0.25) is 10.3 Å². The fraction of sp³-hybridized carbons (Fsp3) is 0.412. The molecule has 0 spiro atoms. The molecule has 2 amide bonds. The van der Waals surface area contributed by atoms with Crippen molar-refractivity contribution >= 4 is 11.8 Å². The molecule has 2 aliphatic carbocycles. The number of carbonyl (C=O) groups excluding carboxylic acids is 1. The Kier molecular flexibility index (Phi) is 3.65. The molecule has 0 radical (unpaired) electrons. The maximum absolute atomic E-state index is 12.3. The third kappa shape index (κ3) is 3.47. The fourth-order valence-electron chi connectivity index (χ4n) is 2.77. The highest BCUT2D eigenvalue weighted by molar-refractivity contribution is 5.88. The van der Waals surface area contributed by atoms with Crippen molar-refractivity contribution in [2.24, 2.45) is 5.92 Å². The molecule has 0 saturated heterocycles. The van der Waals surface area contributed by atoms with Gasteiger partial charge >= 0.3 is 6.03 Å². The van der Waals surface area contributed by atoms with Gasteiger partial charge in [0.15, 0.2) is 5.82 Å². The van der Waals surface area contributed by atoms with Crippen LogP contribution in [0.25, 0.3) is 0 Å². The Hall–Kier alpha value is -2.50. The van der Waals surface area contributed by atoms with Crippen molar-refractivity contribution in [3.05, 3.63) is 47.9 Å². The lowest BCUT2D eigenvalue weighted by Gasteiger charge is -2.18. The van der Waals surface area contributed by atoms with Crippen LogP contribution in [-0.2, 0) is 0 Å². The van der Waals surface area contributed by atoms with Crippen LogP contribution in [0.5, 0.6) is 0 Å². The van der Waals surface area contributed by atoms with Gasteiger partial charge in [-0.1, -0.05) is 0 Å². The van der Waals surface area contributed by atoms with Crippen molar-refractivity contribution in [1.29, 1.82) is 0 Å². The minimum absolute atomic E-state index is 0.0247. The van der Waals surface area contributed by atoms with E-state index in [2.05, 4.69) is 25.8 Å². The summed E-state index contributed by atoms with van der Waals surface area (Å²) in [7, 11) is 0. The van der Waals surface area contributed by atoms with E-state index in [0.717, 1.165) is 24.1 Å². The van der Waals surface area contributed by atoms with Crippen LogP contribution >= 0.6 is 0 Å². The standard InChI is InChI=1S/C17H19N5O/c23-17(19-15-6-5-14(21-22-15)11-1-2-11)20-16(12-3-4-12)13-7-9-18-10-8-13/h5-12,16H,1-4H2,(H2,19,20,22,23). The molecule has 2 aromatic heterocycles. The van der Waals surface area contributed by atoms with E-state index in [1.807, 2.05) is 24.3 Å². The van der Waals surface area contributed by atoms with Gasteiger partial charge in [0.1, 0.15) is 0 Å². The number of pyridine rings is 1. The van der Waals surface area contributed by atoms with Crippen LogP contribution in [0.4, 0.5) is 10.6 Å². The van der Waals surface area contributed by atoms with Crippen molar-refractivity contribution in [2.75, 3.05) is 5.32 Å². The van der Waals surface area contributed by atoms with Crippen molar-refractivity contribution in [3.8, 4) is 0 Å². The van der Waals surface area contributed by atoms with Crippen LogP contribution < -0.4 is 10.6 Å². The highest BCUT2D eigenvalue weighted by atomic mass is 16.2. The molecule has 2 aliphatic rings. The molecule has 4 rings (SSSR count). The van der Waals surface area contributed by atoms with Crippen LogP contribution in [0.15, 0.2) is 36.7 Å². The Balaban J connectivity index is 1.40. The fourth-order valence-corrected chi connectivity index (χ4v) is 2.77. The molecule has 6 nitrogen and oxygen atoms in total. The largest absolute Gasteiger partial charge is 0.331 e. The predicted octanol–water partition coefficient (Wildman–Crippen LogP) is 3.02. The number of nitrogens with zero attached hydrogens (tertiary/aromatic N) is 3. The number of aromatic nitrogens is 3. The first-order valence-corrected chi connectivity index (χ1v) is 8.10. The zero-order valence-corrected chi connectivity index (χ0v) is 12.8. The quantitative estimate of drug-likeness (QED) is 0.889. The van der Waals surface area contributed by atoms with E-state index in [1.54, 1.807) is 12.4 Å². The molecule has 23 heavy (non-hydrogen) atoms. The molecule has 1 atom stereocenters. The Morgan fingerprint density at radius 1 is 1.04 bits per heavy atom. The minimum Gasteiger partial charge on any atom is -0.331 e. The molecule has 2 saturated carbocycles. The summed E-state index contributed by atoms with van der Waals surface area (Å²) in [5.74, 6) is 1.55. The van der Waals surface area contributed by atoms with E-state index >= 15 is 0 Å². The van der Waals surface area contributed by atoms with Gasteiger partial charge in [-0.05, 0) is 61.4 Å². The summed E-state index contributed by atoms with van der Waals surface area (Å²) >= 11 is 0. The number of hydrogen-bond donors (Lipinski definition) is 2. The maximum Gasteiger partial charge on any atom is 0.320 e. The lowest BCUT2D eigenvalue weighted by molar-refractivity contribution is 0.247. The highest BCUT2D eigenvalue weighted by Crippen LogP contribution is 2.41. The van der Waals surface area contributed by atoms with Gasteiger partial charge < -0.3 is 5.32 Å². The summed E-state index contributed by atoms with van der Waals surface area (Å²) in [4.78, 5) is 16.3. The second-order valence-corrected chi connectivity index (χ2v) is 6.31. The summed E-state index contributed by atoms with van der Waals surface area (Å²) in [6, 6.07) is 7.45. The summed E-state index contributed by atoms with van der Waals surface area (Å²) in [6.45, 7) is 0. The van der Waals surface area contributed by atoms with Crippen LogP contribution in [0, 0.1) is 5.92 Å². The summed E-state index contributed by atoms with van der Waals surface area (Å²) in [5.41, 5.74) is 2.11. The zero-order valence-electron chi connectivity index (χ0n) is 12.8. The Morgan fingerprint density at radius 3 is 2.43 bits per heavy atom. The van der Waals surface area contributed by atoms with E-state index in [4.69, 9.17) is 0 Å². The van der Waals surface area contributed by atoms with Crippen molar-refractivity contribution in [3.63, 3.8) is 0 Å². The number of nitrogens with one attached hydrogen (secondary N) is 2. The number of carbonyl (C=O) groups is 1. The number of hydrogen-bond acceptors (Lipinski definition) is 4. The van der Waals surface area contributed by atoms with Gasteiger partial charge in [-0.25, -0.2) is 4.79 Å².